The summed E-state index contributed by atoms with van der Waals surface area (Å²) in [7, 11) is 0. The summed E-state index contributed by atoms with van der Waals surface area (Å²) in [4.78, 5) is 21.3. The molecule has 0 spiro atoms. The van der Waals surface area contributed by atoms with Crippen LogP contribution in [0.25, 0.3) is 0 Å². The van der Waals surface area contributed by atoms with E-state index in [0.29, 0.717) is 18.0 Å². The van der Waals surface area contributed by atoms with Gasteiger partial charge in [-0.3, -0.25) is 10.1 Å². The van der Waals surface area contributed by atoms with Crippen LogP contribution < -0.4 is 5.32 Å². The van der Waals surface area contributed by atoms with Crippen LogP contribution >= 0.6 is 0 Å². The average Bonchev–Trinajstić information content (AvgIpc) is 3.00. The van der Waals surface area contributed by atoms with Gasteiger partial charge in [-0.05, 0) is 26.0 Å². The van der Waals surface area contributed by atoms with Gasteiger partial charge in [-0.25, -0.2) is 9.48 Å². The predicted octanol–water partition coefficient (Wildman–Crippen LogP) is 2.02. The molecule has 2 aromatic rings. The standard InChI is InChI=1S/C12H14N4O5/c1-3-15-11(10(16(19)20)7(2)14-15)13-6-8-4-5-9(21-8)12(17)18/h4-5,13H,3,6H2,1-2H3,(H,17,18). The maximum atomic E-state index is 11.1. The fourth-order valence-electron chi connectivity index (χ4n) is 1.95. The van der Waals surface area contributed by atoms with Crippen molar-refractivity contribution in [1.82, 2.24) is 9.78 Å². The van der Waals surface area contributed by atoms with Crippen molar-refractivity contribution in [3.63, 3.8) is 0 Å². The Hall–Kier alpha value is -2.84. The van der Waals surface area contributed by atoms with Crippen LogP contribution in [-0.2, 0) is 13.1 Å². The first-order chi connectivity index (χ1) is 9.93. The van der Waals surface area contributed by atoms with E-state index in [1.807, 2.05) is 6.92 Å². The highest BCUT2D eigenvalue weighted by Crippen LogP contribution is 2.28. The molecule has 0 amide bonds. The van der Waals surface area contributed by atoms with Gasteiger partial charge in [0.05, 0.1) is 11.5 Å². The third-order valence-corrected chi connectivity index (χ3v) is 2.88. The number of carboxylic acids is 1. The molecular weight excluding hydrogens is 280 g/mol. The Morgan fingerprint density at radius 3 is 2.81 bits per heavy atom. The molecule has 0 aliphatic rings. The molecule has 0 aliphatic carbocycles. The fourth-order valence-corrected chi connectivity index (χ4v) is 1.95. The van der Waals surface area contributed by atoms with E-state index in [9.17, 15) is 14.9 Å². The van der Waals surface area contributed by atoms with Crippen molar-refractivity contribution in [3.8, 4) is 0 Å². The van der Waals surface area contributed by atoms with Gasteiger partial charge in [-0.15, -0.1) is 0 Å². The zero-order valence-electron chi connectivity index (χ0n) is 11.5. The molecule has 2 heterocycles. The van der Waals surface area contributed by atoms with Gasteiger partial charge in [0.25, 0.3) is 0 Å². The zero-order valence-corrected chi connectivity index (χ0v) is 11.5. The molecule has 2 rings (SSSR count). The smallest absolute Gasteiger partial charge is 0.371 e. The van der Waals surface area contributed by atoms with Gasteiger partial charge in [0, 0.05) is 6.54 Å². The highest BCUT2D eigenvalue weighted by molar-refractivity contribution is 5.84. The Labute approximate surface area is 119 Å². The number of nitro groups is 1. The molecule has 0 unspecified atom stereocenters. The topological polar surface area (TPSA) is 123 Å². The summed E-state index contributed by atoms with van der Waals surface area (Å²) in [6.45, 7) is 3.97. The molecule has 9 heteroatoms. The van der Waals surface area contributed by atoms with Crippen LogP contribution in [0.4, 0.5) is 11.5 Å². The second-order valence-corrected chi connectivity index (χ2v) is 4.28. The van der Waals surface area contributed by atoms with Gasteiger partial charge in [0.1, 0.15) is 11.5 Å². The maximum Gasteiger partial charge on any atom is 0.371 e. The van der Waals surface area contributed by atoms with Gasteiger partial charge >= 0.3 is 11.7 Å². The van der Waals surface area contributed by atoms with E-state index in [1.165, 1.54) is 16.8 Å². The molecule has 2 N–H and O–H groups in total. The van der Waals surface area contributed by atoms with E-state index < -0.39 is 10.9 Å². The van der Waals surface area contributed by atoms with Crippen LogP contribution in [-0.4, -0.2) is 25.8 Å². The second kappa shape index (κ2) is 5.65. The van der Waals surface area contributed by atoms with Crippen LogP contribution in [0.2, 0.25) is 0 Å². The third kappa shape index (κ3) is 2.86. The molecule has 0 radical (unpaired) electrons. The number of aromatic nitrogens is 2. The number of nitrogens with one attached hydrogen (secondary N) is 1. The third-order valence-electron chi connectivity index (χ3n) is 2.88. The van der Waals surface area contributed by atoms with E-state index >= 15 is 0 Å². The summed E-state index contributed by atoms with van der Waals surface area (Å²) >= 11 is 0. The zero-order chi connectivity index (χ0) is 15.6. The van der Waals surface area contributed by atoms with Gasteiger partial charge in [-0.1, -0.05) is 0 Å². The summed E-state index contributed by atoms with van der Waals surface area (Å²) in [6, 6.07) is 2.83. The Balaban J connectivity index is 2.22. The minimum atomic E-state index is -1.17. The predicted molar refractivity (Wildman–Crippen MR) is 72.3 cm³/mol. The number of hydrogen-bond acceptors (Lipinski definition) is 6. The molecule has 9 nitrogen and oxygen atoms in total. The Kier molecular flexibility index (Phi) is 3.92. The summed E-state index contributed by atoms with van der Waals surface area (Å²) in [5.74, 6) is -0.709. The van der Waals surface area contributed by atoms with Gasteiger partial charge in [-0.2, -0.15) is 5.10 Å². The van der Waals surface area contributed by atoms with Crippen molar-refractivity contribution >= 4 is 17.5 Å². The molecule has 112 valence electrons. The summed E-state index contributed by atoms with van der Waals surface area (Å²) < 4.78 is 6.57. The molecule has 0 saturated heterocycles. The Bertz CT molecular complexity index is 688. The van der Waals surface area contributed by atoms with Crippen molar-refractivity contribution < 1.29 is 19.2 Å². The maximum absolute atomic E-state index is 11.1. The van der Waals surface area contributed by atoms with Crippen molar-refractivity contribution in [2.24, 2.45) is 0 Å². The lowest BCUT2D eigenvalue weighted by atomic mass is 10.3. The SMILES string of the molecule is CCn1nc(C)c([N+](=O)[O-])c1NCc1ccc(C(=O)O)o1. The first kappa shape index (κ1) is 14.6. The first-order valence-electron chi connectivity index (χ1n) is 6.21. The van der Waals surface area contributed by atoms with Crippen LogP contribution in [0.5, 0.6) is 0 Å². The number of anilines is 1. The number of aromatic carboxylic acids is 1. The first-order valence-corrected chi connectivity index (χ1v) is 6.21. The van der Waals surface area contributed by atoms with E-state index in [0.717, 1.165) is 0 Å². The van der Waals surface area contributed by atoms with Gasteiger partial charge in [0.2, 0.25) is 11.6 Å². The number of carbonyl (C=O) groups is 1. The number of hydrogen-bond donors (Lipinski definition) is 2. The quantitative estimate of drug-likeness (QED) is 0.617. The Morgan fingerprint density at radius 2 is 2.29 bits per heavy atom. The van der Waals surface area contributed by atoms with Crippen LogP contribution in [0.1, 0.15) is 28.9 Å². The van der Waals surface area contributed by atoms with E-state index in [-0.39, 0.29) is 23.8 Å². The lowest BCUT2D eigenvalue weighted by molar-refractivity contribution is -0.384. The van der Waals surface area contributed by atoms with E-state index in [1.54, 1.807) is 6.92 Å². The highest BCUT2D eigenvalue weighted by atomic mass is 16.6. The molecule has 2 aromatic heterocycles. The monoisotopic (exact) mass is 294 g/mol. The molecule has 0 aliphatic heterocycles. The Morgan fingerprint density at radius 1 is 1.57 bits per heavy atom. The van der Waals surface area contributed by atoms with Crippen LogP contribution in [0.15, 0.2) is 16.5 Å². The number of carboxylic acid groups (broad SMARTS) is 1. The van der Waals surface area contributed by atoms with Gasteiger partial charge < -0.3 is 14.8 Å². The van der Waals surface area contributed by atoms with Crippen LogP contribution in [0.3, 0.4) is 0 Å². The lowest BCUT2D eigenvalue weighted by Gasteiger charge is -2.05. The molecular formula is C12H14N4O5. The van der Waals surface area contributed by atoms with Crippen molar-refractivity contribution in [1.29, 1.82) is 0 Å². The lowest BCUT2D eigenvalue weighted by Crippen LogP contribution is -2.08. The minimum Gasteiger partial charge on any atom is -0.475 e. The number of aryl methyl sites for hydroxylation is 2. The van der Waals surface area contributed by atoms with Crippen molar-refractivity contribution in [3.05, 3.63) is 39.5 Å². The average molecular weight is 294 g/mol. The van der Waals surface area contributed by atoms with E-state index in [4.69, 9.17) is 9.52 Å². The molecule has 0 aromatic carbocycles. The van der Waals surface area contributed by atoms with Crippen molar-refractivity contribution in [2.75, 3.05) is 5.32 Å². The van der Waals surface area contributed by atoms with E-state index in [2.05, 4.69) is 10.4 Å². The highest BCUT2D eigenvalue weighted by Gasteiger charge is 2.24. The fraction of sp³-hybridized carbons (Fsp3) is 0.333. The molecule has 21 heavy (non-hydrogen) atoms. The van der Waals surface area contributed by atoms with Crippen molar-refractivity contribution in [2.45, 2.75) is 26.9 Å². The number of furan rings is 1. The number of nitrogens with zero attached hydrogens (tertiary/aromatic N) is 3. The molecule has 0 fully saturated rings. The second-order valence-electron chi connectivity index (χ2n) is 4.28. The molecule has 0 atom stereocenters. The normalized spacial score (nSPS) is 10.6. The number of rotatable bonds is 6. The van der Waals surface area contributed by atoms with Gasteiger partial charge in [0.15, 0.2) is 0 Å². The minimum absolute atomic E-state index is 0.0955. The largest absolute Gasteiger partial charge is 0.475 e. The summed E-state index contributed by atoms with van der Waals surface area (Å²) in [5.41, 5.74) is 0.219. The summed E-state index contributed by atoms with van der Waals surface area (Å²) in [5, 5.41) is 26.8. The molecule has 0 bridgehead atoms. The summed E-state index contributed by atoms with van der Waals surface area (Å²) in [6.07, 6.45) is 0. The molecule has 0 saturated carbocycles. The van der Waals surface area contributed by atoms with Crippen LogP contribution in [0, 0.1) is 17.0 Å².